The number of sulfonamides is 1. The van der Waals surface area contributed by atoms with Crippen molar-refractivity contribution in [2.24, 2.45) is 0 Å². The van der Waals surface area contributed by atoms with Crippen LogP contribution in [0.1, 0.15) is 29.8 Å². The minimum Gasteiger partial charge on any atom is -0.462 e. The average Bonchev–Trinajstić information content (AvgIpc) is 2.58. The van der Waals surface area contributed by atoms with Crippen molar-refractivity contribution in [1.29, 1.82) is 0 Å². The van der Waals surface area contributed by atoms with E-state index >= 15 is 0 Å². The smallest absolute Gasteiger partial charge is 0.338 e. The second-order valence-electron chi connectivity index (χ2n) is 5.83. The van der Waals surface area contributed by atoms with Crippen molar-refractivity contribution in [3.63, 3.8) is 0 Å². The molecule has 1 atom stereocenters. The molecule has 2 aromatic rings. The van der Waals surface area contributed by atoms with Crippen molar-refractivity contribution in [1.82, 2.24) is 0 Å². The largest absolute Gasteiger partial charge is 0.462 e. The second kappa shape index (κ2) is 8.69. The van der Waals surface area contributed by atoms with Gasteiger partial charge in [-0.1, -0.05) is 17.7 Å². The number of rotatable bonds is 7. The molecule has 0 aliphatic rings. The first-order valence-corrected chi connectivity index (χ1v) is 9.96. The van der Waals surface area contributed by atoms with Crippen molar-refractivity contribution in [2.45, 2.75) is 31.3 Å². The van der Waals surface area contributed by atoms with Crippen LogP contribution < -0.4 is 4.72 Å². The number of carbonyl (C=O) groups is 1. The van der Waals surface area contributed by atoms with E-state index < -0.39 is 27.9 Å². The molecule has 6 nitrogen and oxygen atoms in total. The molecular formula is C18H19ClFNO5S. The van der Waals surface area contributed by atoms with E-state index in [1.54, 1.807) is 6.92 Å². The van der Waals surface area contributed by atoms with Crippen LogP contribution in [0.4, 0.5) is 10.1 Å². The number of anilines is 1. The van der Waals surface area contributed by atoms with Crippen LogP contribution in [0.2, 0.25) is 5.02 Å². The van der Waals surface area contributed by atoms with E-state index in [1.807, 2.05) is 0 Å². The van der Waals surface area contributed by atoms with E-state index in [0.717, 1.165) is 12.1 Å². The third-order valence-corrected chi connectivity index (χ3v) is 5.24. The average molecular weight is 416 g/mol. The van der Waals surface area contributed by atoms with Crippen molar-refractivity contribution in [3.8, 4) is 0 Å². The number of aliphatic hydroxyl groups is 1. The summed E-state index contributed by atoms with van der Waals surface area (Å²) < 4.78 is 46.6. The summed E-state index contributed by atoms with van der Waals surface area (Å²) in [5.41, 5.74) is -0.0219. The van der Waals surface area contributed by atoms with Gasteiger partial charge < -0.3 is 9.84 Å². The fraction of sp³-hybridized carbons (Fsp3) is 0.278. The minimum atomic E-state index is -4.18. The maximum atomic E-state index is 14.3. The van der Waals surface area contributed by atoms with Crippen LogP contribution in [0.25, 0.3) is 0 Å². The van der Waals surface area contributed by atoms with Crippen LogP contribution >= 0.6 is 11.6 Å². The van der Waals surface area contributed by atoms with Crippen molar-refractivity contribution in [2.75, 3.05) is 11.3 Å². The number of ether oxygens (including phenoxy) is 1. The summed E-state index contributed by atoms with van der Waals surface area (Å²) in [4.78, 5) is 11.5. The van der Waals surface area contributed by atoms with Gasteiger partial charge in [0.15, 0.2) is 0 Å². The maximum Gasteiger partial charge on any atom is 0.338 e. The summed E-state index contributed by atoms with van der Waals surface area (Å²) in [6.07, 6.45) is -0.696. The van der Waals surface area contributed by atoms with Crippen molar-refractivity contribution in [3.05, 3.63) is 58.4 Å². The van der Waals surface area contributed by atoms with E-state index in [9.17, 15) is 22.7 Å². The molecule has 1 unspecified atom stereocenters. The third kappa shape index (κ3) is 5.41. The monoisotopic (exact) mass is 415 g/mol. The Hall–Kier alpha value is -2.16. The van der Waals surface area contributed by atoms with Crippen molar-refractivity contribution >= 4 is 33.3 Å². The summed E-state index contributed by atoms with van der Waals surface area (Å²) in [6, 6.07) is 7.51. The van der Waals surface area contributed by atoms with E-state index in [4.69, 9.17) is 16.3 Å². The number of halogens is 2. The molecule has 2 aromatic carbocycles. The summed E-state index contributed by atoms with van der Waals surface area (Å²) in [5.74, 6) is -1.64. The molecule has 0 heterocycles. The van der Waals surface area contributed by atoms with Crippen LogP contribution in [0, 0.1) is 5.82 Å². The molecule has 0 saturated carbocycles. The van der Waals surface area contributed by atoms with Crippen LogP contribution in [-0.2, 0) is 21.2 Å². The van der Waals surface area contributed by atoms with E-state index in [2.05, 4.69) is 4.72 Å². The van der Waals surface area contributed by atoms with E-state index in [1.165, 1.54) is 31.2 Å². The Kier molecular flexibility index (Phi) is 6.80. The number of hydrogen-bond acceptors (Lipinski definition) is 5. The van der Waals surface area contributed by atoms with Gasteiger partial charge in [0, 0.05) is 5.02 Å². The van der Waals surface area contributed by atoms with Crippen molar-refractivity contribution < 1.29 is 27.4 Å². The fourth-order valence-corrected chi connectivity index (χ4v) is 3.98. The van der Waals surface area contributed by atoms with Gasteiger partial charge in [0.1, 0.15) is 5.82 Å². The van der Waals surface area contributed by atoms with Crippen LogP contribution in [0.5, 0.6) is 0 Å². The first-order valence-electron chi connectivity index (χ1n) is 8.10. The lowest BCUT2D eigenvalue weighted by atomic mass is 10.1. The number of benzene rings is 2. The Bertz CT molecular complexity index is 947. The highest BCUT2D eigenvalue weighted by molar-refractivity contribution is 7.92. The normalized spacial score (nSPS) is 12.5. The highest BCUT2D eigenvalue weighted by Crippen LogP contribution is 2.26. The van der Waals surface area contributed by atoms with Gasteiger partial charge >= 0.3 is 5.97 Å². The molecule has 146 valence electrons. The Labute approximate surface area is 162 Å². The molecule has 0 fully saturated rings. The zero-order valence-corrected chi connectivity index (χ0v) is 16.3. The molecule has 27 heavy (non-hydrogen) atoms. The topological polar surface area (TPSA) is 92.7 Å². The lowest BCUT2D eigenvalue weighted by Crippen LogP contribution is -2.18. The highest BCUT2D eigenvalue weighted by Gasteiger charge is 2.22. The fourth-order valence-electron chi connectivity index (χ4n) is 2.40. The summed E-state index contributed by atoms with van der Waals surface area (Å²) >= 11 is 5.90. The standard InChI is InChI=1S/C18H19ClFNO5S/c1-3-26-18(23)13-5-7-16(15(20)9-13)21-27(24,25)17-10-14(19)6-4-12(17)8-11(2)22/h4-7,9-11,21-22H,3,8H2,1-2H3. The zero-order valence-electron chi connectivity index (χ0n) is 14.7. The number of aliphatic hydroxyl groups excluding tert-OH is 1. The number of carbonyl (C=O) groups excluding carboxylic acids is 1. The van der Waals surface area contributed by atoms with Gasteiger partial charge in [-0.25, -0.2) is 17.6 Å². The zero-order chi connectivity index (χ0) is 20.2. The van der Waals surface area contributed by atoms with Crippen LogP contribution in [0.15, 0.2) is 41.3 Å². The van der Waals surface area contributed by atoms with E-state index in [-0.39, 0.29) is 34.2 Å². The number of hydrogen-bond donors (Lipinski definition) is 2. The second-order valence-corrected chi connectivity index (χ2v) is 7.91. The van der Waals surface area contributed by atoms with Gasteiger partial charge in [-0.2, -0.15) is 0 Å². The molecule has 0 bridgehead atoms. The predicted octanol–water partition coefficient (Wildman–Crippen LogP) is 3.38. The lowest BCUT2D eigenvalue weighted by Gasteiger charge is -2.14. The van der Waals surface area contributed by atoms with Gasteiger partial charge in [0.2, 0.25) is 0 Å². The van der Waals surface area contributed by atoms with Gasteiger partial charge in [-0.05, 0) is 56.2 Å². The van der Waals surface area contributed by atoms with Gasteiger partial charge in [0.25, 0.3) is 10.0 Å². The molecule has 0 aromatic heterocycles. The van der Waals surface area contributed by atoms with Crippen LogP contribution in [-0.4, -0.2) is 32.2 Å². The molecule has 0 spiro atoms. The van der Waals surface area contributed by atoms with Gasteiger partial charge in [0.05, 0.1) is 28.9 Å². The lowest BCUT2D eigenvalue weighted by molar-refractivity contribution is 0.0526. The molecule has 9 heteroatoms. The third-order valence-electron chi connectivity index (χ3n) is 3.56. The Morgan fingerprint density at radius 2 is 2.00 bits per heavy atom. The Balaban J connectivity index is 2.37. The van der Waals surface area contributed by atoms with Gasteiger partial charge in [-0.3, -0.25) is 4.72 Å². The molecule has 2 N–H and O–H groups in total. The minimum absolute atomic E-state index is 0.0325. The molecule has 0 radical (unpaired) electrons. The summed E-state index contributed by atoms with van der Waals surface area (Å²) in [5, 5.41) is 9.76. The highest BCUT2D eigenvalue weighted by atomic mass is 35.5. The predicted molar refractivity (Wildman–Crippen MR) is 100 cm³/mol. The molecule has 0 amide bonds. The molecule has 0 aliphatic heterocycles. The Morgan fingerprint density at radius 3 is 2.59 bits per heavy atom. The van der Waals surface area contributed by atoms with E-state index in [0.29, 0.717) is 5.56 Å². The van der Waals surface area contributed by atoms with Gasteiger partial charge in [-0.15, -0.1) is 0 Å². The first kappa shape index (κ1) is 21.1. The number of esters is 1. The maximum absolute atomic E-state index is 14.3. The molecule has 0 aliphatic carbocycles. The number of nitrogens with one attached hydrogen (secondary N) is 1. The molecule has 2 rings (SSSR count). The quantitative estimate of drug-likeness (QED) is 0.676. The summed E-state index contributed by atoms with van der Waals surface area (Å²) in [6.45, 7) is 3.27. The molecule has 0 saturated heterocycles. The first-order chi connectivity index (χ1) is 12.6. The molecular weight excluding hydrogens is 397 g/mol. The van der Waals surface area contributed by atoms with Crippen LogP contribution in [0.3, 0.4) is 0 Å². The summed E-state index contributed by atoms with van der Waals surface area (Å²) in [7, 11) is -4.18. The Morgan fingerprint density at radius 1 is 1.30 bits per heavy atom. The SMILES string of the molecule is CCOC(=O)c1ccc(NS(=O)(=O)c2cc(Cl)ccc2CC(C)O)c(F)c1.